The summed E-state index contributed by atoms with van der Waals surface area (Å²) < 4.78 is 5.55. The van der Waals surface area contributed by atoms with E-state index in [-0.39, 0.29) is 37.4 Å². The molecule has 0 aromatic heterocycles. The van der Waals surface area contributed by atoms with Crippen LogP contribution in [0.2, 0.25) is 0 Å². The van der Waals surface area contributed by atoms with Crippen LogP contribution in [0.3, 0.4) is 0 Å². The van der Waals surface area contributed by atoms with Crippen LogP contribution < -0.4 is 10.6 Å². The van der Waals surface area contributed by atoms with Gasteiger partial charge in [0.2, 0.25) is 5.91 Å². The summed E-state index contributed by atoms with van der Waals surface area (Å²) >= 11 is 0. The van der Waals surface area contributed by atoms with Crippen molar-refractivity contribution in [2.24, 2.45) is 17.3 Å². The predicted octanol–water partition coefficient (Wildman–Crippen LogP) is 3.78. The first-order valence-corrected chi connectivity index (χ1v) is 11.4. The van der Waals surface area contributed by atoms with Gasteiger partial charge in [-0.3, -0.25) is 9.59 Å². The SMILES string of the molecule is CC(C)C(CNC(=O)OCC1c2ccccc2-c2ccccc21)C(=O)NCC1(C(=O)O)CC1. The molecule has 1 unspecified atom stereocenters. The lowest BCUT2D eigenvalue weighted by Gasteiger charge is -2.22. The summed E-state index contributed by atoms with van der Waals surface area (Å²) in [5.41, 5.74) is 3.77. The van der Waals surface area contributed by atoms with E-state index in [1.165, 1.54) is 0 Å². The first kappa shape index (κ1) is 22.8. The number of ether oxygens (including phenoxy) is 1. The van der Waals surface area contributed by atoms with E-state index < -0.39 is 23.4 Å². The Kier molecular flexibility index (Phi) is 6.40. The number of amides is 2. The van der Waals surface area contributed by atoms with Crippen LogP contribution in [0, 0.1) is 17.3 Å². The van der Waals surface area contributed by atoms with Gasteiger partial charge in [-0.25, -0.2) is 4.79 Å². The number of fused-ring (bicyclic) bond motifs is 3. The maximum absolute atomic E-state index is 12.6. The molecule has 2 aromatic carbocycles. The van der Waals surface area contributed by atoms with Crippen LogP contribution in [0.5, 0.6) is 0 Å². The molecular formula is C26H30N2O5. The molecule has 7 heteroatoms. The summed E-state index contributed by atoms with van der Waals surface area (Å²) in [5, 5.41) is 14.8. The molecule has 2 aliphatic rings. The van der Waals surface area contributed by atoms with Crippen LogP contribution in [-0.4, -0.2) is 42.8 Å². The van der Waals surface area contributed by atoms with E-state index in [1.54, 1.807) is 0 Å². The van der Waals surface area contributed by atoms with Gasteiger partial charge in [0.25, 0.3) is 0 Å². The zero-order valence-corrected chi connectivity index (χ0v) is 19.0. The maximum atomic E-state index is 12.6. The molecule has 0 aliphatic heterocycles. The van der Waals surface area contributed by atoms with Crippen LogP contribution in [-0.2, 0) is 14.3 Å². The van der Waals surface area contributed by atoms with Crippen molar-refractivity contribution < 1.29 is 24.2 Å². The van der Waals surface area contributed by atoms with Crippen LogP contribution >= 0.6 is 0 Å². The molecule has 2 aliphatic carbocycles. The molecule has 2 amide bonds. The lowest BCUT2D eigenvalue weighted by molar-refractivity contribution is -0.143. The quantitative estimate of drug-likeness (QED) is 0.539. The van der Waals surface area contributed by atoms with Gasteiger partial charge in [-0.05, 0) is 41.0 Å². The lowest BCUT2D eigenvalue weighted by atomic mass is 9.94. The number of carboxylic acids is 1. The van der Waals surface area contributed by atoms with E-state index in [2.05, 4.69) is 34.9 Å². The molecule has 0 saturated heterocycles. The molecule has 1 saturated carbocycles. The molecule has 0 heterocycles. The molecule has 33 heavy (non-hydrogen) atoms. The summed E-state index contributed by atoms with van der Waals surface area (Å²) in [6.45, 7) is 4.25. The molecule has 0 radical (unpaired) electrons. The van der Waals surface area contributed by atoms with E-state index >= 15 is 0 Å². The second-order valence-electron chi connectivity index (χ2n) is 9.36. The fourth-order valence-electron chi connectivity index (χ4n) is 4.48. The Morgan fingerprint density at radius 2 is 1.58 bits per heavy atom. The van der Waals surface area contributed by atoms with Crippen LogP contribution in [0.15, 0.2) is 48.5 Å². The molecular weight excluding hydrogens is 420 g/mol. The molecule has 0 bridgehead atoms. The predicted molar refractivity (Wildman–Crippen MR) is 124 cm³/mol. The number of benzene rings is 2. The van der Waals surface area contributed by atoms with Crippen molar-refractivity contribution in [1.29, 1.82) is 0 Å². The standard InChI is InChI=1S/C26H30N2O5/c1-16(2)21(23(29)28-15-26(11-12-26)24(30)31)13-27-25(32)33-14-22-19-9-5-3-7-17(19)18-8-4-6-10-20(18)22/h3-10,16,21-22H,11-15H2,1-2H3,(H,27,32)(H,28,29)(H,30,31). The number of carbonyl (C=O) groups excluding carboxylic acids is 2. The van der Waals surface area contributed by atoms with Crippen molar-refractivity contribution in [1.82, 2.24) is 10.6 Å². The summed E-state index contributed by atoms with van der Waals surface area (Å²) in [4.78, 5) is 36.4. The van der Waals surface area contributed by atoms with Gasteiger partial charge in [0.15, 0.2) is 0 Å². The Balaban J connectivity index is 1.31. The Hall–Kier alpha value is -3.35. The second kappa shape index (κ2) is 9.25. The second-order valence-corrected chi connectivity index (χ2v) is 9.36. The fraction of sp³-hybridized carbons (Fsp3) is 0.423. The van der Waals surface area contributed by atoms with Gasteiger partial charge in [-0.15, -0.1) is 0 Å². The fourth-order valence-corrected chi connectivity index (χ4v) is 4.48. The van der Waals surface area contributed by atoms with E-state index in [1.807, 2.05) is 38.1 Å². The summed E-state index contributed by atoms with van der Waals surface area (Å²) in [6, 6.07) is 16.3. The Labute approximate surface area is 193 Å². The Morgan fingerprint density at radius 3 is 2.09 bits per heavy atom. The number of carboxylic acid groups (broad SMARTS) is 1. The van der Waals surface area contributed by atoms with Crippen molar-refractivity contribution in [3.8, 4) is 11.1 Å². The number of aliphatic carboxylic acids is 1. The third-order valence-electron chi connectivity index (χ3n) is 6.86. The molecule has 3 N–H and O–H groups in total. The normalized spacial score (nSPS) is 16.5. The Morgan fingerprint density at radius 1 is 1.00 bits per heavy atom. The van der Waals surface area contributed by atoms with Gasteiger partial charge in [-0.1, -0.05) is 62.4 Å². The molecule has 1 fully saturated rings. The van der Waals surface area contributed by atoms with Gasteiger partial charge in [0, 0.05) is 19.0 Å². The third kappa shape index (κ3) is 4.72. The van der Waals surface area contributed by atoms with Gasteiger partial charge >= 0.3 is 12.1 Å². The number of hydrogen-bond acceptors (Lipinski definition) is 4. The average Bonchev–Trinajstić information content (AvgIpc) is 3.53. The highest BCUT2D eigenvalue weighted by molar-refractivity contribution is 5.83. The summed E-state index contributed by atoms with van der Waals surface area (Å²) in [7, 11) is 0. The van der Waals surface area contributed by atoms with Crippen molar-refractivity contribution in [2.75, 3.05) is 19.7 Å². The van der Waals surface area contributed by atoms with Crippen LogP contribution in [0.25, 0.3) is 11.1 Å². The molecule has 0 spiro atoms. The maximum Gasteiger partial charge on any atom is 0.407 e. The highest BCUT2D eigenvalue weighted by atomic mass is 16.5. The molecule has 1 atom stereocenters. The highest BCUT2D eigenvalue weighted by Crippen LogP contribution is 2.45. The van der Waals surface area contributed by atoms with E-state index in [0.29, 0.717) is 12.8 Å². The Bertz CT molecular complexity index is 1010. The van der Waals surface area contributed by atoms with Crippen molar-refractivity contribution >= 4 is 18.0 Å². The summed E-state index contributed by atoms with van der Waals surface area (Å²) in [5.74, 6) is -1.66. The minimum Gasteiger partial charge on any atom is -0.481 e. The first-order chi connectivity index (χ1) is 15.8. The average molecular weight is 451 g/mol. The zero-order chi connectivity index (χ0) is 23.6. The number of rotatable bonds is 9. The zero-order valence-electron chi connectivity index (χ0n) is 19.0. The molecule has 174 valence electrons. The van der Waals surface area contributed by atoms with Crippen molar-refractivity contribution in [2.45, 2.75) is 32.6 Å². The van der Waals surface area contributed by atoms with E-state index in [4.69, 9.17) is 4.74 Å². The van der Waals surface area contributed by atoms with Gasteiger partial charge in [0.1, 0.15) is 6.61 Å². The van der Waals surface area contributed by atoms with E-state index in [0.717, 1.165) is 22.3 Å². The minimum atomic E-state index is -0.874. The van der Waals surface area contributed by atoms with Crippen molar-refractivity contribution in [3.63, 3.8) is 0 Å². The molecule has 2 aromatic rings. The lowest BCUT2D eigenvalue weighted by Crippen LogP contribution is -2.44. The topological polar surface area (TPSA) is 105 Å². The van der Waals surface area contributed by atoms with Gasteiger partial charge < -0.3 is 20.5 Å². The number of nitrogens with one attached hydrogen (secondary N) is 2. The third-order valence-corrected chi connectivity index (χ3v) is 6.86. The van der Waals surface area contributed by atoms with Crippen LogP contribution in [0.1, 0.15) is 43.7 Å². The first-order valence-electron chi connectivity index (χ1n) is 11.4. The monoisotopic (exact) mass is 450 g/mol. The van der Waals surface area contributed by atoms with Crippen LogP contribution in [0.4, 0.5) is 4.79 Å². The van der Waals surface area contributed by atoms with Crippen molar-refractivity contribution in [3.05, 3.63) is 59.7 Å². The smallest absolute Gasteiger partial charge is 0.407 e. The molecule has 7 nitrogen and oxygen atoms in total. The highest BCUT2D eigenvalue weighted by Gasteiger charge is 2.50. The summed E-state index contributed by atoms with van der Waals surface area (Å²) in [6.07, 6.45) is 0.583. The number of hydrogen-bond donors (Lipinski definition) is 3. The van der Waals surface area contributed by atoms with Gasteiger partial charge in [-0.2, -0.15) is 0 Å². The van der Waals surface area contributed by atoms with Gasteiger partial charge in [0.05, 0.1) is 11.3 Å². The molecule has 4 rings (SSSR count). The number of carbonyl (C=O) groups is 3. The van der Waals surface area contributed by atoms with E-state index in [9.17, 15) is 19.5 Å². The largest absolute Gasteiger partial charge is 0.481 e. The number of alkyl carbamates (subject to hydrolysis) is 1. The minimum absolute atomic E-state index is 0.0288.